The van der Waals surface area contributed by atoms with Crippen LogP contribution in [0.25, 0.3) is 6.08 Å². The van der Waals surface area contributed by atoms with Crippen LogP contribution in [0.1, 0.15) is 22.6 Å². The van der Waals surface area contributed by atoms with Crippen LogP contribution in [0.4, 0.5) is 4.39 Å². The number of nitrogens with zero attached hydrogens (tertiary/aromatic N) is 3. The summed E-state index contributed by atoms with van der Waals surface area (Å²) in [5.74, 6) is 0.444. The van der Waals surface area contributed by atoms with Gasteiger partial charge in [-0.15, -0.1) is 0 Å². The van der Waals surface area contributed by atoms with Crippen LogP contribution >= 0.6 is 0 Å². The fraction of sp³-hybridized carbons (Fsp3) is 0.368. The average molecular weight is 343 g/mol. The molecule has 2 heterocycles. The normalized spacial score (nSPS) is 15.9. The van der Waals surface area contributed by atoms with Crippen LogP contribution in [0.3, 0.4) is 0 Å². The van der Waals surface area contributed by atoms with Crippen molar-refractivity contribution in [2.75, 3.05) is 26.2 Å². The van der Waals surface area contributed by atoms with Crippen LogP contribution in [-0.2, 0) is 11.3 Å². The van der Waals surface area contributed by atoms with E-state index >= 15 is 0 Å². The Kier molecular flexibility index (Phi) is 5.28. The van der Waals surface area contributed by atoms with E-state index in [1.807, 2.05) is 13.8 Å². The molecule has 5 nitrogen and oxygen atoms in total. The molecule has 0 unspecified atom stereocenters. The summed E-state index contributed by atoms with van der Waals surface area (Å²) in [6.07, 6.45) is 2.98. The monoisotopic (exact) mass is 343 g/mol. The molecular formula is C19H22FN3O2. The molecule has 0 atom stereocenters. The number of piperazine rings is 1. The Labute approximate surface area is 146 Å². The molecule has 25 heavy (non-hydrogen) atoms. The van der Waals surface area contributed by atoms with Crippen molar-refractivity contribution in [1.82, 2.24) is 15.0 Å². The molecule has 1 saturated heterocycles. The number of hydrogen-bond donors (Lipinski definition) is 0. The van der Waals surface area contributed by atoms with Crippen molar-refractivity contribution < 1.29 is 13.7 Å². The molecular weight excluding hydrogens is 321 g/mol. The van der Waals surface area contributed by atoms with E-state index in [2.05, 4.69) is 10.1 Å². The molecule has 1 amide bonds. The highest BCUT2D eigenvalue weighted by atomic mass is 19.1. The summed E-state index contributed by atoms with van der Waals surface area (Å²) in [4.78, 5) is 16.4. The van der Waals surface area contributed by atoms with E-state index in [0.29, 0.717) is 18.7 Å². The molecule has 0 aliphatic carbocycles. The lowest BCUT2D eigenvalue weighted by Gasteiger charge is -2.34. The molecule has 3 rings (SSSR count). The summed E-state index contributed by atoms with van der Waals surface area (Å²) in [6, 6.07) is 6.42. The lowest BCUT2D eigenvalue weighted by Crippen LogP contribution is -2.47. The second-order valence-corrected chi connectivity index (χ2v) is 6.26. The Morgan fingerprint density at radius 3 is 2.60 bits per heavy atom. The van der Waals surface area contributed by atoms with E-state index < -0.39 is 0 Å². The molecule has 0 bridgehead atoms. The molecule has 2 aromatic rings. The highest BCUT2D eigenvalue weighted by Crippen LogP contribution is 2.16. The van der Waals surface area contributed by atoms with Crippen LogP contribution in [0.2, 0.25) is 0 Å². The summed E-state index contributed by atoms with van der Waals surface area (Å²) in [5.41, 5.74) is 2.47. The van der Waals surface area contributed by atoms with Crippen molar-refractivity contribution in [2.24, 2.45) is 0 Å². The molecule has 1 aliphatic heterocycles. The Hall–Kier alpha value is -2.47. The number of rotatable bonds is 4. The second-order valence-electron chi connectivity index (χ2n) is 6.26. The first-order valence-electron chi connectivity index (χ1n) is 8.40. The van der Waals surface area contributed by atoms with Crippen LogP contribution < -0.4 is 0 Å². The topological polar surface area (TPSA) is 49.6 Å². The number of carbonyl (C=O) groups excluding carboxylic acids is 1. The SMILES string of the molecule is Cc1noc(C)c1CN1CCN(C(=O)/C=C\c2ccccc2F)CC1. The highest BCUT2D eigenvalue weighted by Gasteiger charge is 2.21. The Morgan fingerprint density at radius 2 is 1.96 bits per heavy atom. The molecule has 1 fully saturated rings. The molecule has 6 heteroatoms. The fourth-order valence-corrected chi connectivity index (χ4v) is 2.95. The van der Waals surface area contributed by atoms with Crippen molar-refractivity contribution in [3.05, 3.63) is 58.7 Å². The predicted molar refractivity (Wildman–Crippen MR) is 93.3 cm³/mol. The first kappa shape index (κ1) is 17.4. The van der Waals surface area contributed by atoms with E-state index in [0.717, 1.165) is 36.7 Å². The predicted octanol–water partition coefficient (Wildman–Crippen LogP) is 2.79. The third-order valence-corrected chi connectivity index (χ3v) is 4.56. The molecule has 132 valence electrons. The smallest absolute Gasteiger partial charge is 0.246 e. The Morgan fingerprint density at radius 1 is 1.24 bits per heavy atom. The van der Waals surface area contributed by atoms with Crippen molar-refractivity contribution in [3.63, 3.8) is 0 Å². The van der Waals surface area contributed by atoms with Gasteiger partial charge in [-0.25, -0.2) is 4.39 Å². The fourth-order valence-electron chi connectivity index (χ4n) is 2.95. The zero-order chi connectivity index (χ0) is 17.8. The third kappa shape index (κ3) is 4.14. The molecule has 0 N–H and O–H groups in total. The van der Waals surface area contributed by atoms with Crippen molar-refractivity contribution in [1.29, 1.82) is 0 Å². The van der Waals surface area contributed by atoms with Gasteiger partial charge in [0.25, 0.3) is 0 Å². The number of halogens is 1. The van der Waals surface area contributed by atoms with Gasteiger partial charge in [-0.05, 0) is 26.0 Å². The largest absolute Gasteiger partial charge is 0.361 e. The Bertz CT molecular complexity index is 757. The summed E-state index contributed by atoms with van der Waals surface area (Å²) in [7, 11) is 0. The van der Waals surface area contributed by atoms with Gasteiger partial charge in [0.1, 0.15) is 11.6 Å². The lowest BCUT2D eigenvalue weighted by molar-refractivity contribution is -0.127. The maximum Gasteiger partial charge on any atom is 0.246 e. The summed E-state index contributed by atoms with van der Waals surface area (Å²) < 4.78 is 18.8. The van der Waals surface area contributed by atoms with Gasteiger partial charge in [0.2, 0.25) is 5.91 Å². The van der Waals surface area contributed by atoms with E-state index in [1.165, 1.54) is 18.2 Å². The molecule has 0 saturated carbocycles. The maximum absolute atomic E-state index is 13.6. The number of aromatic nitrogens is 1. The van der Waals surface area contributed by atoms with Crippen molar-refractivity contribution in [2.45, 2.75) is 20.4 Å². The zero-order valence-corrected chi connectivity index (χ0v) is 14.5. The van der Waals surface area contributed by atoms with E-state index in [-0.39, 0.29) is 11.7 Å². The number of amides is 1. The number of aryl methyl sites for hydroxylation is 2. The minimum atomic E-state index is -0.323. The summed E-state index contributed by atoms with van der Waals surface area (Å²) >= 11 is 0. The summed E-state index contributed by atoms with van der Waals surface area (Å²) in [5, 5.41) is 3.98. The van der Waals surface area contributed by atoms with Gasteiger partial charge in [0.15, 0.2) is 0 Å². The Balaban J connectivity index is 1.53. The van der Waals surface area contributed by atoms with Crippen molar-refractivity contribution >= 4 is 12.0 Å². The zero-order valence-electron chi connectivity index (χ0n) is 14.5. The van der Waals surface area contributed by atoms with E-state index in [1.54, 1.807) is 23.1 Å². The molecule has 1 aromatic heterocycles. The first-order chi connectivity index (χ1) is 12.0. The number of carbonyl (C=O) groups is 1. The minimum absolute atomic E-state index is 0.0831. The molecule has 1 aliphatic rings. The lowest BCUT2D eigenvalue weighted by atomic mass is 10.1. The van der Waals surface area contributed by atoms with Gasteiger partial charge < -0.3 is 9.42 Å². The minimum Gasteiger partial charge on any atom is -0.361 e. The van der Waals surface area contributed by atoms with Gasteiger partial charge >= 0.3 is 0 Å². The van der Waals surface area contributed by atoms with Crippen LogP contribution in [0, 0.1) is 19.7 Å². The van der Waals surface area contributed by atoms with Gasteiger partial charge in [-0.1, -0.05) is 23.4 Å². The average Bonchev–Trinajstić information content (AvgIpc) is 2.93. The number of benzene rings is 1. The van der Waals surface area contributed by atoms with E-state index in [4.69, 9.17) is 4.52 Å². The van der Waals surface area contributed by atoms with Gasteiger partial charge in [-0.3, -0.25) is 9.69 Å². The standard InChI is InChI=1S/C19H22FN3O2/c1-14-17(15(2)25-21-14)13-22-9-11-23(12-10-22)19(24)8-7-16-5-3-4-6-18(16)20/h3-8H,9-13H2,1-2H3/b8-7-. The third-order valence-electron chi connectivity index (χ3n) is 4.56. The van der Waals surface area contributed by atoms with E-state index in [9.17, 15) is 9.18 Å². The first-order valence-corrected chi connectivity index (χ1v) is 8.40. The van der Waals surface area contributed by atoms with Gasteiger partial charge in [0, 0.05) is 49.9 Å². The molecule has 1 aromatic carbocycles. The van der Waals surface area contributed by atoms with Crippen molar-refractivity contribution in [3.8, 4) is 0 Å². The van der Waals surface area contributed by atoms with Gasteiger partial charge in [-0.2, -0.15) is 0 Å². The van der Waals surface area contributed by atoms with Crippen LogP contribution in [-0.4, -0.2) is 47.0 Å². The van der Waals surface area contributed by atoms with Gasteiger partial charge in [0.05, 0.1) is 5.69 Å². The number of hydrogen-bond acceptors (Lipinski definition) is 4. The van der Waals surface area contributed by atoms with Crippen LogP contribution in [0.15, 0.2) is 34.9 Å². The second kappa shape index (κ2) is 7.61. The molecule has 0 spiro atoms. The maximum atomic E-state index is 13.6. The highest BCUT2D eigenvalue weighted by molar-refractivity contribution is 5.91. The van der Waals surface area contributed by atoms with Crippen LogP contribution in [0.5, 0.6) is 0 Å². The quantitative estimate of drug-likeness (QED) is 0.801. The summed E-state index contributed by atoms with van der Waals surface area (Å²) in [6.45, 7) is 7.55. The molecule has 0 radical (unpaired) electrons.